The number of nitrogens with two attached hydrogens (primary N) is 2. The van der Waals surface area contributed by atoms with Crippen molar-refractivity contribution >= 4 is 17.8 Å². The molecular formula is C12H12FN5O4. The molecule has 3 rings (SSSR count). The quantitative estimate of drug-likeness (QED) is 0.217. The summed E-state index contributed by atoms with van der Waals surface area (Å²) in [6, 6.07) is 2.58. The average molecular weight is 309 g/mol. The largest absolute Gasteiger partial charge is 0.480 e. The Hall–Kier alpha value is -2.72. The zero-order valence-corrected chi connectivity index (χ0v) is 11.1. The summed E-state index contributed by atoms with van der Waals surface area (Å²) in [5.41, 5.74) is 0.343. The van der Waals surface area contributed by atoms with Crippen molar-refractivity contribution in [2.24, 2.45) is 11.7 Å². The van der Waals surface area contributed by atoms with Crippen LogP contribution in [0.3, 0.4) is 0 Å². The van der Waals surface area contributed by atoms with Gasteiger partial charge < -0.3 is 10.1 Å². The lowest BCUT2D eigenvalue weighted by atomic mass is 9.81. The summed E-state index contributed by atoms with van der Waals surface area (Å²) in [4.78, 5) is 35.9. The number of hydrazine groups is 2. The lowest BCUT2D eigenvalue weighted by Gasteiger charge is -2.36. The first-order valence-electron chi connectivity index (χ1n) is 6.27. The van der Waals surface area contributed by atoms with Crippen molar-refractivity contribution in [3.63, 3.8) is 0 Å². The van der Waals surface area contributed by atoms with E-state index in [2.05, 4.69) is 5.32 Å². The predicted octanol–water partition coefficient (Wildman–Crippen LogP) is -1.41. The normalized spacial score (nSPS) is 26.5. The summed E-state index contributed by atoms with van der Waals surface area (Å²) in [6.07, 6.45) is -1.40. The number of amides is 4. The van der Waals surface area contributed by atoms with Gasteiger partial charge in [-0.25, -0.2) is 20.9 Å². The van der Waals surface area contributed by atoms with Gasteiger partial charge in [-0.05, 0) is 18.2 Å². The van der Waals surface area contributed by atoms with Crippen molar-refractivity contribution in [3.05, 3.63) is 29.6 Å². The van der Waals surface area contributed by atoms with Gasteiger partial charge in [-0.3, -0.25) is 15.0 Å². The number of hydrogen-bond donors (Lipinski definition) is 4. The Kier molecular flexibility index (Phi) is 3.00. The van der Waals surface area contributed by atoms with E-state index in [-0.39, 0.29) is 17.7 Å². The van der Waals surface area contributed by atoms with Crippen LogP contribution in [0.5, 0.6) is 5.75 Å². The highest BCUT2D eigenvalue weighted by atomic mass is 19.1. The molecule has 10 heteroatoms. The Morgan fingerprint density at radius 2 is 2.23 bits per heavy atom. The van der Waals surface area contributed by atoms with E-state index in [1.807, 2.05) is 5.43 Å². The summed E-state index contributed by atoms with van der Waals surface area (Å²) < 4.78 is 19.0. The molecule has 1 saturated heterocycles. The van der Waals surface area contributed by atoms with E-state index in [9.17, 15) is 18.8 Å². The van der Waals surface area contributed by atoms with E-state index in [1.54, 1.807) is 0 Å². The number of imide groups is 1. The molecule has 6 N–H and O–H groups in total. The molecule has 116 valence electrons. The molecule has 9 nitrogen and oxygen atoms in total. The summed E-state index contributed by atoms with van der Waals surface area (Å²) in [5, 5.41) is 2.79. The molecule has 2 aliphatic rings. The first kappa shape index (κ1) is 14.2. The molecule has 0 bridgehead atoms. The Labute approximate surface area is 123 Å². The number of nitrogens with one attached hydrogen (secondary N) is 2. The lowest BCUT2D eigenvalue weighted by Crippen LogP contribution is -2.55. The number of nitrogens with zero attached hydrogens (tertiary/aromatic N) is 1. The van der Waals surface area contributed by atoms with E-state index in [0.29, 0.717) is 5.01 Å². The minimum Gasteiger partial charge on any atom is -0.480 e. The first-order valence-corrected chi connectivity index (χ1v) is 6.27. The van der Waals surface area contributed by atoms with Gasteiger partial charge in [0.2, 0.25) is 0 Å². The smallest absolute Gasteiger partial charge is 0.339 e. The van der Waals surface area contributed by atoms with Crippen LogP contribution in [0, 0.1) is 5.82 Å². The van der Waals surface area contributed by atoms with Crippen LogP contribution >= 0.6 is 0 Å². The van der Waals surface area contributed by atoms with E-state index in [1.165, 1.54) is 6.07 Å². The Bertz CT molecular complexity index is 696. The number of carbonyl (C=O) groups is 3. The fourth-order valence-electron chi connectivity index (χ4n) is 2.68. The van der Waals surface area contributed by atoms with Crippen molar-refractivity contribution in [2.75, 3.05) is 0 Å². The highest BCUT2D eigenvalue weighted by molar-refractivity contribution is 6.07. The van der Waals surface area contributed by atoms with Crippen molar-refractivity contribution in [1.82, 2.24) is 15.8 Å². The van der Waals surface area contributed by atoms with E-state index in [0.717, 1.165) is 12.1 Å². The Balaban J connectivity index is 2.16. The zero-order valence-electron chi connectivity index (χ0n) is 11.1. The van der Waals surface area contributed by atoms with Gasteiger partial charge in [-0.1, -0.05) is 0 Å². The standard InChI is InChI=1S/C12H12FN5O4/c13-5-1-2-7-6(3-5)12(4-8(22-7)9(19)17-14)10(20)18(15)11(21)16-12/h1-3,8H,4,14-15H2,(H,16,21)(H,17,19)/t8-,12-/m0/s1. The maximum absolute atomic E-state index is 13.6. The van der Waals surface area contributed by atoms with Crippen molar-refractivity contribution < 1.29 is 23.5 Å². The summed E-state index contributed by atoms with van der Waals surface area (Å²) >= 11 is 0. The van der Waals surface area contributed by atoms with Crippen LogP contribution in [0.2, 0.25) is 0 Å². The topological polar surface area (TPSA) is 140 Å². The van der Waals surface area contributed by atoms with Gasteiger partial charge in [0.25, 0.3) is 11.8 Å². The minimum absolute atomic E-state index is 0.0881. The minimum atomic E-state index is -1.67. The molecule has 0 saturated carbocycles. The molecule has 2 heterocycles. The SMILES string of the molecule is NNC(=O)[C@@H]1C[C@]2(NC(=O)N(N)C2=O)c2cc(F)ccc2O1. The van der Waals surface area contributed by atoms with Crippen molar-refractivity contribution in [1.29, 1.82) is 0 Å². The second kappa shape index (κ2) is 4.64. The fourth-order valence-corrected chi connectivity index (χ4v) is 2.68. The molecule has 1 fully saturated rings. The molecular weight excluding hydrogens is 297 g/mol. The molecule has 4 amide bonds. The number of benzene rings is 1. The van der Waals surface area contributed by atoms with E-state index >= 15 is 0 Å². The maximum atomic E-state index is 13.6. The second-order valence-electron chi connectivity index (χ2n) is 4.97. The first-order chi connectivity index (χ1) is 10.4. The molecule has 1 aromatic carbocycles. The molecule has 0 aromatic heterocycles. The van der Waals surface area contributed by atoms with Gasteiger partial charge in [-0.15, -0.1) is 0 Å². The van der Waals surface area contributed by atoms with Crippen molar-refractivity contribution in [3.8, 4) is 5.75 Å². The van der Waals surface area contributed by atoms with Crippen LogP contribution in [0.15, 0.2) is 18.2 Å². The van der Waals surface area contributed by atoms with Crippen LogP contribution in [0.4, 0.5) is 9.18 Å². The second-order valence-corrected chi connectivity index (χ2v) is 4.97. The highest BCUT2D eigenvalue weighted by Crippen LogP contribution is 2.42. The van der Waals surface area contributed by atoms with E-state index in [4.69, 9.17) is 16.4 Å². The monoisotopic (exact) mass is 309 g/mol. The molecule has 2 atom stereocenters. The Morgan fingerprint density at radius 3 is 2.82 bits per heavy atom. The summed E-state index contributed by atoms with van der Waals surface area (Å²) in [6.45, 7) is 0. The van der Waals surface area contributed by atoms with Crippen molar-refractivity contribution in [2.45, 2.75) is 18.1 Å². The number of ether oxygens (including phenoxy) is 1. The molecule has 0 aliphatic carbocycles. The zero-order chi connectivity index (χ0) is 16.1. The number of halogens is 1. The fraction of sp³-hybridized carbons (Fsp3) is 0.250. The number of rotatable bonds is 1. The Morgan fingerprint density at radius 1 is 1.50 bits per heavy atom. The van der Waals surface area contributed by atoms with Gasteiger partial charge >= 0.3 is 6.03 Å². The summed E-state index contributed by atoms with van der Waals surface area (Å²) in [5.74, 6) is 8.44. The average Bonchev–Trinajstić information content (AvgIpc) is 2.72. The van der Waals surface area contributed by atoms with Gasteiger partial charge in [-0.2, -0.15) is 5.01 Å². The third-order valence-corrected chi connectivity index (χ3v) is 3.72. The van der Waals surface area contributed by atoms with Gasteiger partial charge in [0.15, 0.2) is 11.6 Å². The summed E-state index contributed by atoms with van der Waals surface area (Å²) in [7, 11) is 0. The third kappa shape index (κ3) is 1.81. The number of urea groups is 1. The van der Waals surface area contributed by atoms with Crippen LogP contribution in [0.25, 0.3) is 0 Å². The maximum Gasteiger partial charge on any atom is 0.339 e. The number of carbonyl (C=O) groups excluding carboxylic acids is 3. The molecule has 0 radical (unpaired) electrons. The molecule has 1 spiro atoms. The molecule has 2 aliphatic heterocycles. The van der Waals surface area contributed by atoms with Gasteiger partial charge in [0.05, 0.1) is 0 Å². The van der Waals surface area contributed by atoms with Crippen LogP contribution in [0.1, 0.15) is 12.0 Å². The highest BCUT2D eigenvalue weighted by Gasteiger charge is 2.57. The molecule has 1 aromatic rings. The van der Waals surface area contributed by atoms with Crippen LogP contribution in [-0.2, 0) is 15.1 Å². The van der Waals surface area contributed by atoms with Gasteiger partial charge in [0.1, 0.15) is 11.6 Å². The number of hydrogen-bond acceptors (Lipinski definition) is 6. The molecule has 0 unspecified atom stereocenters. The van der Waals surface area contributed by atoms with Crippen LogP contribution in [-0.4, -0.2) is 29.0 Å². The predicted molar refractivity (Wildman–Crippen MR) is 69.0 cm³/mol. The van der Waals surface area contributed by atoms with Crippen LogP contribution < -0.4 is 27.2 Å². The number of fused-ring (bicyclic) bond motifs is 2. The molecule has 22 heavy (non-hydrogen) atoms. The van der Waals surface area contributed by atoms with Gasteiger partial charge in [0, 0.05) is 12.0 Å². The lowest BCUT2D eigenvalue weighted by molar-refractivity contribution is -0.136. The van der Waals surface area contributed by atoms with E-state index < -0.39 is 35.3 Å². The third-order valence-electron chi connectivity index (χ3n) is 3.72.